The lowest BCUT2D eigenvalue weighted by Crippen LogP contribution is -3.13. The van der Waals surface area contributed by atoms with Crippen molar-refractivity contribution >= 4 is 12.0 Å². The molecule has 0 unspecified atom stereocenters. The van der Waals surface area contributed by atoms with Crippen LogP contribution in [0.3, 0.4) is 0 Å². The van der Waals surface area contributed by atoms with E-state index in [1.165, 1.54) is 10.5 Å². The predicted octanol–water partition coefficient (Wildman–Crippen LogP) is 1.03. The largest absolute Gasteiger partial charge is 0.496 e. The van der Waals surface area contributed by atoms with Gasteiger partial charge >= 0.3 is 0 Å². The van der Waals surface area contributed by atoms with Gasteiger partial charge in [-0.3, -0.25) is 9.78 Å². The highest BCUT2D eigenvalue weighted by molar-refractivity contribution is 5.92. The van der Waals surface area contributed by atoms with Crippen molar-refractivity contribution in [3.8, 4) is 5.75 Å². The van der Waals surface area contributed by atoms with Gasteiger partial charge in [0.2, 0.25) is 5.91 Å². The molecule has 1 aromatic carbocycles. The number of nitrogens with one attached hydrogen (secondary N) is 1. The molecular formula is C20H24N3O2+. The van der Waals surface area contributed by atoms with E-state index < -0.39 is 0 Å². The Morgan fingerprint density at radius 1 is 1.20 bits per heavy atom. The molecule has 1 N–H and O–H groups in total. The Morgan fingerprint density at radius 3 is 2.64 bits per heavy atom. The van der Waals surface area contributed by atoms with Crippen LogP contribution in [0.4, 0.5) is 0 Å². The fourth-order valence-corrected chi connectivity index (χ4v) is 3.08. The first-order chi connectivity index (χ1) is 12.3. The van der Waals surface area contributed by atoms with Crippen LogP contribution in [0.5, 0.6) is 5.75 Å². The smallest absolute Gasteiger partial charge is 0.246 e. The van der Waals surface area contributed by atoms with Crippen molar-refractivity contribution in [2.75, 3.05) is 33.3 Å². The molecule has 1 aromatic heterocycles. The molecule has 25 heavy (non-hydrogen) atoms. The number of hydrogen-bond donors (Lipinski definition) is 1. The van der Waals surface area contributed by atoms with Crippen molar-refractivity contribution in [3.63, 3.8) is 0 Å². The van der Waals surface area contributed by atoms with E-state index in [0.29, 0.717) is 0 Å². The normalized spacial score (nSPS) is 15.5. The number of rotatable bonds is 5. The topological polar surface area (TPSA) is 46.9 Å². The highest BCUT2D eigenvalue weighted by atomic mass is 16.5. The lowest BCUT2D eigenvalue weighted by atomic mass is 10.2. The van der Waals surface area contributed by atoms with Gasteiger partial charge in [0, 0.05) is 29.6 Å². The average molecular weight is 338 g/mol. The minimum atomic E-state index is 0.0638. The third-order valence-corrected chi connectivity index (χ3v) is 4.53. The van der Waals surface area contributed by atoms with E-state index in [4.69, 9.17) is 4.74 Å². The molecule has 1 saturated heterocycles. The van der Waals surface area contributed by atoms with Crippen molar-refractivity contribution in [3.05, 3.63) is 66.0 Å². The van der Waals surface area contributed by atoms with Gasteiger partial charge in [-0.25, -0.2) is 0 Å². The Hall–Kier alpha value is -2.66. The summed E-state index contributed by atoms with van der Waals surface area (Å²) in [6.45, 7) is 4.50. The molecule has 3 rings (SSSR count). The number of benzene rings is 1. The summed E-state index contributed by atoms with van der Waals surface area (Å²) in [6.07, 6.45) is 7.14. The second-order valence-corrected chi connectivity index (χ2v) is 6.18. The molecule has 2 aromatic rings. The van der Waals surface area contributed by atoms with Gasteiger partial charge in [0.05, 0.1) is 33.3 Å². The fraction of sp³-hybridized carbons (Fsp3) is 0.300. The van der Waals surface area contributed by atoms with Crippen molar-refractivity contribution < 1.29 is 14.4 Å². The Morgan fingerprint density at radius 2 is 1.92 bits per heavy atom. The number of ether oxygens (including phenoxy) is 1. The maximum absolute atomic E-state index is 12.4. The van der Waals surface area contributed by atoms with Gasteiger partial charge in [-0.1, -0.05) is 18.2 Å². The fourth-order valence-electron chi connectivity index (χ4n) is 3.08. The number of hydrogen-bond acceptors (Lipinski definition) is 3. The number of nitrogens with zero attached hydrogens (tertiary/aromatic N) is 2. The minimum absolute atomic E-state index is 0.0638. The lowest BCUT2D eigenvalue weighted by Gasteiger charge is -2.31. The highest BCUT2D eigenvalue weighted by Gasteiger charge is 2.22. The Kier molecular flexibility index (Phi) is 5.80. The Balaban J connectivity index is 1.52. The third-order valence-electron chi connectivity index (χ3n) is 4.53. The van der Waals surface area contributed by atoms with Gasteiger partial charge in [0.1, 0.15) is 12.3 Å². The zero-order chi connectivity index (χ0) is 17.5. The van der Waals surface area contributed by atoms with Crippen molar-refractivity contribution in [2.45, 2.75) is 6.54 Å². The van der Waals surface area contributed by atoms with E-state index >= 15 is 0 Å². The van der Waals surface area contributed by atoms with E-state index in [1.54, 1.807) is 13.2 Å². The molecule has 0 spiro atoms. The molecule has 0 radical (unpaired) electrons. The summed E-state index contributed by atoms with van der Waals surface area (Å²) >= 11 is 0. The van der Waals surface area contributed by atoms with Crippen LogP contribution in [0.1, 0.15) is 11.1 Å². The van der Waals surface area contributed by atoms with Crippen LogP contribution in [0.25, 0.3) is 6.08 Å². The number of aromatic nitrogens is 1. The molecule has 0 atom stereocenters. The van der Waals surface area contributed by atoms with Crippen LogP contribution < -0.4 is 9.64 Å². The lowest BCUT2D eigenvalue weighted by molar-refractivity contribution is -0.917. The van der Waals surface area contributed by atoms with E-state index in [2.05, 4.69) is 17.1 Å². The van der Waals surface area contributed by atoms with Crippen molar-refractivity contribution in [2.24, 2.45) is 0 Å². The Bertz CT molecular complexity index is 723. The number of carbonyl (C=O) groups is 1. The molecule has 1 amide bonds. The maximum atomic E-state index is 12.4. The SMILES string of the molecule is COc1ccccc1/C=C/C(=O)N1CC[NH+](Cc2ccncc2)CC1. The van der Waals surface area contributed by atoms with Crippen LogP contribution in [-0.4, -0.2) is 49.1 Å². The summed E-state index contributed by atoms with van der Waals surface area (Å²) in [7, 11) is 1.64. The van der Waals surface area contributed by atoms with E-state index in [1.807, 2.05) is 47.6 Å². The van der Waals surface area contributed by atoms with Gasteiger partial charge in [0.15, 0.2) is 0 Å². The maximum Gasteiger partial charge on any atom is 0.246 e. The number of pyridine rings is 1. The molecule has 5 nitrogen and oxygen atoms in total. The van der Waals surface area contributed by atoms with E-state index in [-0.39, 0.29) is 5.91 Å². The quantitative estimate of drug-likeness (QED) is 0.829. The van der Waals surface area contributed by atoms with Crippen molar-refractivity contribution in [1.82, 2.24) is 9.88 Å². The molecule has 5 heteroatoms. The number of piperazine rings is 1. The van der Waals surface area contributed by atoms with E-state index in [0.717, 1.165) is 44.0 Å². The number of quaternary nitrogens is 1. The standard InChI is InChI=1S/C20H23N3O2/c1-25-19-5-3-2-4-18(19)6-7-20(24)23-14-12-22(13-15-23)16-17-8-10-21-11-9-17/h2-11H,12-16H2,1H3/p+1/b7-6+. The number of para-hydroxylation sites is 1. The zero-order valence-electron chi connectivity index (χ0n) is 14.5. The molecule has 130 valence electrons. The first kappa shape index (κ1) is 17.2. The Labute approximate surface area is 148 Å². The summed E-state index contributed by atoms with van der Waals surface area (Å²) in [5.41, 5.74) is 2.21. The summed E-state index contributed by atoms with van der Waals surface area (Å²) in [5.74, 6) is 0.840. The summed E-state index contributed by atoms with van der Waals surface area (Å²) < 4.78 is 5.31. The van der Waals surface area contributed by atoms with Crippen LogP contribution in [0, 0.1) is 0 Å². The number of carbonyl (C=O) groups excluding carboxylic acids is 1. The molecule has 2 heterocycles. The molecule has 0 aliphatic carbocycles. The van der Waals surface area contributed by atoms with Crippen LogP contribution in [-0.2, 0) is 11.3 Å². The summed E-state index contributed by atoms with van der Waals surface area (Å²) in [5, 5.41) is 0. The van der Waals surface area contributed by atoms with Crippen LogP contribution in [0.15, 0.2) is 54.9 Å². The molecule has 1 aliphatic rings. The van der Waals surface area contributed by atoms with Gasteiger partial charge in [-0.15, -0.1) is 0 Å². The minimum Gasteiger partial charge on any atom is -0.496 e. The van der Waals surface area contributed by atoms with Gasteiger partial charge in [-0.2, -0.15) is 0 Å². The zero-order valence-corrected chi connectivity index (χ0v) is 14.5. The first-order valence-corrected chi connectivity index (χ1v) is 8.59. The summed E-state index contributed by atoms with van der Waals surface area (Å²) in [4.78, 5) is 19.9. The van der Waals surface area contributed by atoms with Gasteiger partial charge in [-0.05, 0) is 24.3 Å². The predicted molar refractivity (Wildman–Crippen MR) is 97.2 cm³/mol. The monoisotopic (exact) mass is 338 g/mol. The van der Waals surface area contributed by atoms with Crippen molar-refractivity contribution in [1.29, 1.82) is 0 Å². The molecule has 1 aliphatic heterocycles. The molecule has 0 saturated carbocycles. The van der Waals surface area contributed by atoms with Gasteiger partial charge in [0.25, 0.3) is 0 Å². The van der Waals surface area contributed by atoms with Crippen LogP contribution in [0.2, 0.25) is 0 Å². The highest BCUT2D eigenvalue weighted by Crippen LogP contribution is 2.18. The number of methoxy groups -OCH3 is 1. The molecule has 0 bridgehead atoms. The first-order valence-electron chi connectivity index (χ1n) is 8.59. The van der Waals surface area contributed by atoms with Crippen LogP contribution >= 0.6 is 0 Å². The molecular weight excluding hydrogens is 314 g/mol. The molecule has 1 fully saturated rings. The third kappa shape index (κ3) is 4.67. The number of amides is 1. The second-order valence-electron chi connectivity index (χ2n) is 6.18. The van der Waals surface area contributed by atoms with E-state index in [9.17, 15) is 4.79 Å². The summed E-state index contributed by atoms with van der Waals surface area (Å²) in [6, 6.07) is 11.8. The van der Waals surface area contributed by atoms with Gasteiger partial charge < -0.3 is 14.5 Å². The second kappa shape index (κ2) is 8.44. The average Bonchev–Trinajstić information content (AvgIpc) is 2.67.